The first kappa shape index (κ1) is 16.4. The molecule has 0 heterocycles. The summed E-state index contributed by atoms with van der Waals surface area (Å²) in [4.78, 5) is 12.9. The monoisotopic (exact) mass is 320 g/mol. The molecule has 124 valence electrons. The summed E-state index contributed by atoms with van der Waals surface area (Å²) in [6.45, 7) is 2.18. The Labute approximate surface area is 143 Å². The molecule has 2 aromatic rings. The highest BCUT2D eigenvalue weighted by molar-refractivity contribution is 5.92. The van der Waals surface area contributed by atoms with E-state index in [9.17, 15) is 4.79 Å². The molecule has 0 aliphatic heterocycles. The van der Waals surface area contributed by atoms with Crippen molar-refractivity contribution >= 4 is 11.6 Å². The van der Waals surface area contributed by atoms with Gasteiger partial charge in [0.25, 0.3) is 5.91 Å². The smallest absolute Gasteiger partial charge is 0.252 e. The third kappa shape index (κ3) is 3.73. The van der Waals surface area contributed by atoms with Gasteiger partial charge in [-0.25, -0.2) is 5.43 Å². The normalized spacial score (nSPS) is 18.9. The fourth-order valence-electron chi connectivity index (χ4n) is 3.46. The van der Waals surface area contributed by atoms with Gasteiger partial charge in [-0.15, -0.1) is 0 Å². The average Bonchev–Trinajstić information content (AvgIpc) is 3.09. The summed E-state index contributed by atoms with van der Waals surface area (Å²) in [5, 5.41) is 4.46. The van der Waals surface area contributed by atoms with E-state index in [1.807, 2.05) is 60.7 Å². The molecule has 1 N–H and O–H groups in total. The van der Waals surface area contributed by atoms with Crippen LogP contribution in [0.4, 0.5) is 0 Å². The highest BCUT2D eigenvalue weighted by Gasteiger charge is 2.24. The molecule has 3 heteroatoms. The van der Waals surface area contributed by atoms with Crippen LogP contribution in [-0.2, 0) is 4.79 Å². The van der Waals surface area contributed by atoms with Crippen molar-refractivity contribution in [1.82, 2.24) is 5.43 Å². The standard InChI is InChI=1S/C21H24N2O/c1-2-16-14-9-15-19(16)22-23-21(24)20(17-10-5-3-6-11-17)18-12-7-4-8-13-18/h3-8,10-13,16,20H,2,9,14-15H2,1H3,(H,23,24)/b22-19+. The van der Waals surface area contributed by atoms with Gasteiger partial charge >= 0.3 is 0 Å². The van der Waals surface area contributed by atoms with Gasteiger partial charge in [-0.2, -0.15) is 5.10 Å². The molecule has 1 saturated carbocycles. The predicted octanol–water partition coefficient (Wildman–Crippen LogP) is 4.50. The minimum absolute atomic E-state index is 0.0679. The maximum atomic E-state index is 12.9. The van der Waals surface area contributed by atoms with Crippen molar-refractivity contribution in [2.45, 2.75) is 38.5 Å². The van der Waals surface area contributed by atoms with Crippen LogP contribution in [0, 0.1) is 5.92 Å². The number of nitrogens with one attached hydrogen (secondary N) is 1. The van der Waals surface area contributed by atoms with Crippen molar-refractivity contribution < 1.29 is 4.79 Å². The van der Waals surface area contributed by atoms with Crippen molar-refractivity contribution in [3.05, 3.63) is 71.8 Å². The fourth-order valence-corrected chi connectivity index (χ4v) is 3.46. The van der Waals surface area contributed by atoms with Crippen molar-refractivity contribution in [1.29, 1.82) is 0 Å². The molecular formula is C21H24N2O. The Bertz CT molecular complexity index is 655. The van der Waals surface area contributed by atoms with Gasteiger partial charge in [0.05, 0.1) is 5.92 Å². The zero-order chi connectivity index (χ0) is 16.8. The van der Waals surface area contributed by atoms with Gasteiger partial charge in [0.2, 0.25) is 0 Å². The molecular weight excluding hydrogens is 296 g/mol. The Morgan fingerprint density at radius 3 is 2.21 bits per heavy atom. The number of carbonyl (C=O) groups excluding carboxylic acids is 1. The van der Waals surface area contributed by atoms with E-state index >= 15 is 0 Å². The second-order valence-corrected chi connectivity index (χ2v) is 6.33. The lowest BCUT2D eigenvalue weighted by Crippen LogP contribution is -2.27. The van der Waals surface area contributed by atoms with Crippen LogP contribution in [0.25, 0.3) is 0 Å². The van der Waals surface area contributed by atoms with Gasteiger partial charge in [-0.3, -0.25) is 4.79 Å². The molecule has 0 aromatic heterocycles. The lowest BCUT2D eigenvalue weighted by atomic mass is 9.91. The second-order valence-electron chi connectivity index (χ2n) is 6.33. The highest BCUT2D eigenvalue weighted by Crippen LogP contribution is 2.26. The van der Waals surface area contributed by atoms with Gasteiger partial charge in [0.1, 0.15) is 0 Å². The Kier molecular flexibility index (Phi) is 5.42. The van der Waals surface area contributed by atoms with Gasteiger partial charge in [-0.05, 0) is 42.7 Å². The van der Waals surface area contributed by atoms with Crippen LogP contribution in [0.5, 0.6) is 0 Å². The lowest BCUT2D eigenvalue weighted by Gasteiger charge is -2.17. The molecule has 1 fully saturated rings. The zero-order valence-electron chi connectivity index (χ0n) is 14.1. The molecule has 0 bridgehead atoms. The van der Waals surface area contributed by atoms with E-state index in [0.717, 1.165) is 29.7 Å². The van der Waals surface area contributed by atoms with E-state index < -0.39 is 0 Å². The minimum atomic E-state index is -0.335. The maximum absolute atomic E-state index is 12.9. The number of hydrazone groups is 1. The number of carbonyl (C=O) groups is 1. The lowest BCUT2D eigenvalue weighted by molar-refractivity contribution is -0.121. The van der Waals surface area contributed by atoms with Gasteiger partial charge in [0, 0.05) is 5.71 Å². The van der Waals surface area contributed by atoms with Gasteiger partial charge in [0.15, 0.2) is 0 Å². The van der Waals surface area contributed by atoms with Crippen LogP contribution in [0.2, 0.25) is 0 Å². The molecule has 0 radical (unpaired) electrons. The Hall–Kier alpha value is -2.42. The van der Waals surface area contributed by atoms with Crippen molar-refractivity contribution in [3.63, 3.8) is 0 Å². The molecule has 0 saturated heterocycles. The summed E-state index contributed by atoms with van der Waals surface area (Å²) in [5.41, 5.74) is 5.95. The quantitative estimate of drug-likeness (QED) is 0.810. The van der Waals surface area contributed by atoms with E-state index in [2.05, 4.69) is 17.5 Å². The summed E-state index contributed by atoms with van der Waals surface area (Å²) in [5.74, 6) is 0.122. The van der Waals surface area contributed by atoms with Gasteiger partial charge < -0.3 is 0 Å². The van der Waals surface area contributed by atoms with E-state index in [0.29, 0.717) is 5.92 Å². The first-order valence-electron chi connectivity index (χ1n) is 8.75. The topological polar surface area (TPSA) is 41.5 Å². The van der Waals surface area contributed by atoms with Crippen LogP contribution >= 0.6 is 0 Å². The van der Waals surface area contributed by atoms with E-state index in [4.69, 9.17) is 0 Å². The largest absolute Gasteiger partial charge is 0.272 e. The summed E-state index contributed by atoms with van der Waals surface area (Å²) >= 11 is 0. The first-order valence-corrected chi connectivity index (χ1v) is 8.75. The number of benzene rings is 2. The average molecular weight is 320 g/mol. The van der Waals surface area contributed by atoms with Crippen LogP contribution in [0.15, 0.2) is 65.8 Å². The summed E-state index contributed by atoms with van der Waals surface area (Å²) < 4.78 is 0. The molecule has 1 atom stereocenters. The number of nitrogens with zero attached hydrogens (tertiary/aromatic N) is 1. The fraction of sp³-hybridized carbons (Fsp3) is 0.333. The molecule has 0 spiro atoms. The summed E-state index contributed by atoms with van der Waals surface area (Å²) in [6, 6.07) is 19.8. The second kappa shape index (κ2) is 7.91. The van der Waals surface area contributed by atoms with E-state index in [1.165, 1.54) is 12.8 Å². The summed E-state index contributed by atoms with van der Waals surface area (Å²) in [6.07, 6.45) is 4.45. The number of hydrogen-bond acceptors (Lipinski definition) is 2. The molecule has 1 aliphatic rings. The van der Waals surface area contributed by atoms with Crippen molar-refractivity contribution in [2.75, 3.05) is 0 Å². The number of rotatable bonds is 5. The third-order valence-corrected chi connectivity index (χ3v) is 4.79. The predicted molar refractivity (Wildman–Crippen MR) is 97.9 cm³/mol. The molecule has 2 aromatic carbocycles. The van der Waals surface area contributed by atoms with E-state index in [1.54, 1.807) is 0 Å². The zero-order valence-corrected chi connectivity index (χ0v) is 14.1. The van der Waals surface area contributed by atoms with E-state index in [-0.39, 0.29) is 11.8 Å². The van der Waals surface area contributed by atoms with Crippen LogP contribution < -0.4 is 5.43 Å². The first-order chi connectivity index (χ1) is 11.8. The highest BCUT2D eigenvalue weighted by atomic mass is 16.2. The van der Waals surface area contributed by atoms with Crippen molar-refractivity contribution in [2.24, 2.45) is 11.0 Å². The summed E-state index contributed by atoms with van der Waals surface area (Å²) in [7, 11) is 0. The van der Waals surface area contributed by atoms with Crippen LogP contribution in [0.3, 0.4) is 0 Å². The maximum Gasteiger partial charge on any atom is 0.252 e. The van der Waals surface area contributed by atoms with Crippen LogP contribution in [-0.4, -0.2) is 11.6 Å². The van der Waals surface area contributed by atoms with Crippen molar-refractivity contribution in [3.8, 4) is 0 Å². The molecule has 1 aliphatic carbocycles. The number of amides is 1. The Morgan fingerprint density at radius 1 is 1.08 bits per heavy atom. The SMILES string of the molecule is CCC1CCC/C1=N\NC(=O)C(c1ccccc1)c1ccccc1. The Balaban J connectivity index is 1.83. The third-order valence-electron chi connectivity index (χ3n) is 4.79. The van der Waals surface area contributed by atoms with Gasteiger partial charge in [-0.1, -0.05) is 67.6 Å². The molecule has 1 amide bonds. The molecule has 24 heavy (non-hydrogen) atoms. The van der Waals surface area contributed by atoms with Crippen LogP contribution in [0.1, 0.15) is 49.7 Å². The Morgan fingerprint density at radius 2 is 1.67 bits per heavy atom. The molecule has 3 nitrogen and oxygen atoms in total. The molecule has 1 unspecified atom stereocenters. The minimum Gasteiger partial charge on any atom is -0.272 e. The number of hydrogen-bond donors (Lipinski definition) is 1. The molecule has 3 rings (SSSR count).